The van der Waals surface area contributed by atoms with Gasteiger partial charge in [0.15, 0.2) is 6.10 Å². The molecule has 1 aromatic carbocycles. The van der Waals surface area contributed by atoms with E-state index in [1.165, 1.54) is 25.1 Å². The van der Waals surface area contributed by atoms with Gasteiger partial charge in [0, 0.05) is 13.5 Å². The summed E-state index contributed by atoms with van der Waals surface area (Å²) in [6.07, 6.45) is -6.43. The van der Waals surface area contributed by atoms with Crippen LogP contribution in [0.15, 0.2) is 18.2 Å². The van der Waals surface area contributed by atoms with Crippen LogP contribution in [0.25, 0.3) is 0 Å². The van der Waals surface area contributed by atoms with E-state index in [4.69, 9.17) is 14.2 Å². The summed E-state index contributed by atoms with van der Waals surface area (Å²) in [6, 6.07) is 4.33. The van der Waals surface area contributed by atoms with Crippen molar-refractivity contribution in [3.8, 4) is 5.75 Å². The van der Waals surface area contributed by atoms with E-state index in [0.29, 0.717) is 12.1 Å². The molecule has 0 aromatic heterocycles. The minimum Gasteiger partial charge on any atom is -0.479 e. The number of aliphatic hydroxyl groups is 3. The molecule has 0 radical (unpaired) electrons. The van der Waals surface area contributed by atoms with Crippen LogP contribution in [0.4, 0.5) is 0 Å². The maximum Gasteiger partial charge on any atom is 0.335 e. The van der Waals surface area contributed by atoms with E-state index < -0.39 is 48.6 Å². The third-order valence-electron chi connectivity index (χ3n) is 5.18. The first kappa shape index (κ1) is 27.5. The molecule has 1 aromatic rings. The van der Waals surface area contributed by atoms with Gasteiger partial charge >= 0.3 is 11.9 Å². The number of esters is 1. The van der Waals surface area contributed by atoms with Gasteiger partial charge in [0.1, 0.15) is 30.7 Å². The molecule has 1 amide bonds. The number of aliphatic carboxylic acids is 1. The zero-order chi connectivity index (χ0) is 25.3. The Kier molecular flexibility index (Phi) is 10.7. The minimum atomic E-state index is -1.87. The predicted molar refractivity (Wildman–Crippen MR) is 117 cm³/mol. The zero-order valence-electron chi connectivity index (χ0n) is 19.1. The molecule has 12 nitrogen and oxygen atoms in total. The highest BCUT2D eigenvalue weighted by atomic mass is 16.7. The van der Waals surface area contributed by atoms with Gasteiger partial charge in [-0.3, -0.25) is 9.59 Å². The number of ether oxygens (including phenoxy) is 3. The monoisotopic (exact) mass is 484 g/mol. The average molecular weight is 485 g/mol. The number of hydrogen-bond donors (Lipinski definition) is 6. The maximum atomic E-state index is 12.9. The maximum absolute atomic E-state index is 12.9. The number of hydrogen-bond acceptors (Lipinski definition) is 10. The number of amides is 1. The molecule has 1 heterocycles. The summed E-state index contributed by atoms with van der Waals surface area (Å²) >= 11 is 0. The third kappa shape index (κ3) is 7.64. The molecule has 1 aliphatic rings. The summed E-state index contributed by atoms with van der Waals surface area (Å²) in [5.41, 5.74) is 0.522. The normalized spacial score (nSPS) is 24.3. The van der Waals surface area contributed by atoms with Crippen LogP contribution < -0.4 is 15.4 Å². The fraction of sp³-hybridized carbons (Fsp3) is 0.591. The number of benzene rings is 1. The van der Waals surface area contributed by atoms with E-state index in [9.17, 15) is 34.8 Å². The first-order valence-corrected chi connectivity index (χ1v) is 10.9. The standard InChI is InChI=1S/C22H32N2O10/c1-12(25)32-11-13-6-7-15(14(10-13)20(29)24-9-5-3-4-8-23-2)33-22-18(28)16(26)17(27)19(34-22)21(30)31/h6-7,10,16-19,22-23,26-28H,3-5,8-9,11H2,1-2H3,(H,24,29)(H,30,31)/t16-,17-,18+,19-,22-/m0/s1. The van der Waals surface area contributed by atoms with Crippen LogP contribution in [0.2, 0.25) is 0 Å². The van der Waals surface area contributed by atoms with Crippen molar-refractivity contribution in [3.63, 3.8) is 0 Å². The van der Waals surface area contributed by atoms with Gasteiger partial charge in [-0.2, -0.15) is 0 Å². The second-order valence-electron chi connectivity index (χ2n) is 7.88. The minimum absolute atomic E-state index is 0.0307. The van der Waals surface area contributed by atoms with E-state index >= 15 is 0 Å². The lowest BCUT2D eigenvalue weighted by molar-refractivity contribution is -0.271. The fourth-order valence-electron chi connectivity index (χ4n) is 3.31. The van der Waals surface area contributed by atoms with Gasteiger partial charge in [0.25, 0.3) is 5.91 Å². The average Bonchev–Trinajstić information content (AvgIpc) is 2.80. The van der Waals surface area contributed by atoms with Gasteiger partial charge in [-0.05, 0) is 44.1 Å². The van der Waals surface area contributed by atoms with Crippen LogP contribution in [0, 0.1) is 0 Å². The number of unbranched alkanes of at least 4 members (excludes halogenated alkanes) is 2. The molecule has 0 spiro atoms. The van der Waals surface area contributed by atoms with Crippen LogP contribution >= 0.6 is 0 Å². The smallest absolute Gasteiger partial charge is 0.335 e. The van der Waals surface area contributed by atoms with E-state index in [1.807, 2.05) is 7.05 Å². The molecule has 5 atom stereocenters. The SMILES string of the molecule is CNCCCCCNC(=O)c1cc(COC(C)=O)ccc1O[C@H]1O[C@H](C(=O)O)[C@@H](O)[C@H](O)[C@H]1O. The summed E-state index contributed by atoms with van der Waals surface area (Å²) in [5.74, 6) is -2.62. The Bertz CT molecular complexity index is 849. The van der Waals surface area contributed by atoms with E-state index in [0.717, 1.165) is 25.8 Å². The van der Waals surface area contributed by atoms with Gasteiger partial charge in [-0.1, -0.05) is 12.5 Å². The first-order valence-electron chi connectivity index (χ1n) is 10.9. The van der Waals surface area contributed by atoms with Crippen molar-refractivity contribution in [1.29, 1.82) is 0 Å². The summed E-state index contributed by atoms with van der Waals surface area (Å²) in [4.78, 5) is 35.3. The molecule has 1 saturated heterocycles. The molecule has 34 heavy (non-hydrogen) atoms. The predicted octanol–water partition coefficient (Wildman–Crippen LogP) is -0.860. The Morgan fingerprint density at radius 1 is 1.03 bits per heavy atom. The summed E-state index contributed by atoms with van der Waals surface area (Å²) < 4.78 is 15.7. The highest BCUT2D eigenvalue weighted by molar-refractivity contribution is 5.97. The van der Waals surface area contributed by atoms with Crippen LogP contribution in [0.1, 0.15) is 42.1 Å². The fourth-order valence-corrected chi connectivity index (χ4v) is 3.31. The molecular weight excluding hydrogens is 452 g/mol. The zero-order valence-corrected chi connectivity index (χ0v) is 19.1. The molecule has 0 aliphatic carbocycles. The second-order valence-corrected chi connectivity index (χ2v) is 7.88. The molecule has 190 valence electrons. The van der Waals surface area contributed by atoms with Gasteiger partial charge < -0.3 is 45.3 Å². The van der Waals surface area contributed by atoms with Crippen LogP contribution in [0.5, 0.6) is 5.75 Å². The van der Waals surface area contributed by atoms with Crippen molar-refractivity contribution in [3.05, 3.63) is 29.3 Å². The topological polar surface area (TPSA) is 184 Å². The number of carbonyl (C=O) groups is 3. The number of rotatable bonds is 12. The molecule has 1 aliphatic heterocycles. The Labute approximate surface area is 196 Å². The van der Waals surface area contributed by atoms with E-state index in [1.54, 1.807) is 0 Å². The van der Waals surface area contributed by atoms with Crippen LogP contribution in [-0.2, 0) is 25.7 Å². The molecule has 0 bridgehead atoms. The molecule has 6 N–H and O–H groups in total. The van der Waals surface area contributed by atoms with Crippen molar-refractivity contribution < 1.29 is 49.0 Å². The molecule has 12 heteroatoms. The molecule has 1 fully saturated rings. The van der Waals surface area contributed by atoms with Crippen LogP contribution in [-0.4, -0.2) is 89.1 Å². The lowest BCUT2D eigenvalue weighted by Crippen LogP contribution is -2.61. The van der Waals surface area contributed by atoms with Crippen molar-refractivity contribution in [2.45, 2.75) is 63.5 Å². The Hall–Kier alpha value is -2.77. The van der Waals surface area contributed by atoms with Gasteiger partial charge in [-0.15, -0.1) is 0 Å². The lowest BCUT2D eigenvalue weighted by Gasteiger charge is -2.38. The highest BCUT2D eigenvalue weighted by Crippen LogP contribution is 2.28. The van der Waals surface area contributed by atoms with Crippen molar-refractivity contribution in [2.75, 3.05) is 20.1 Å². The first-order chi connectivity index (χ1) is 16.1. The van der Waals surface area contributed by atoms with Crippen molar-refractivity contribution >= 4 is 17.8 Å². The quantitative estimate of drug-likeness (QED) is 0.160. The van der Waals surface area contributed by atoms with Gasteiger partial charge in [-0.25, -0.2) is 4.79 Å². The number of carbonyl (C=O) groups excluding carboxylic acids is 2. The summed E-state index contributed by atoms with van der Waals surface area (Å²) in [5, 5.41) is 45.1. The van der Waals surface area contributed by atoms with Crippen molar-refractivity contribution in [2.24, 2.45) is 0 Å². The van der Waals surface area contributed by atoms with Gasteiger partial charge in [0.2, 0.25) is 6.29 Å². The number of nitrogens with one attached hydrogen (secondary N) is 2. The summed E-state index contributed by atoms with van der Waals surface area (Å²) in [7, 11) is 1.86. The molecule has 0 saturated carbocycles. The number of aliphatic hydroxyl groups excluding tert-OH is 3. The van der Waals surface area contributed by atoms with Gasteiger partial charge in [0.05, 0.1) is 5.56 Å². The van der Waals surface area contributed by atoms with Crippen LogP contribution in [0.3, 0.4) is 0 Å². The number of carboxylic acid groups (broad SMARTS) is 1. The third-order valence-corrected chi connectivity index (χ3v) is 5.18. The molecule has 0 unspecified atom stereocenters. The Morgan fingerprint density at radius 3 is 2.38 bits per heavy atom. The van der Waals surface area contributed by atoms with E-state index in [2.05, 4.69) is 10.6 Å². The van der Waals surface area contributed by atoms with Crippen molar-refractivity contribution in [1.82, 2.24) is 10.6 Å². The largest absolute Gasteiger partial charge is 0.479 e. The summed E-state index contributed by atoms with van der Waals surface area (Å²) in [6.45, 7) is 2.42. The Balaban J connectivity index is 2.19. The number of carboxylic acids is 1. The molecular formula is C22H32N2O10. The Morgan fingerprint density at radius 2 is 1.74 bits per heavy atom. The second kappa shape index (κ2) is 13.2. The van der Waals surface area contributed by atoms with E-state index in [-0.39, 0.29) is 17.9 Å². The molecule has 2 rings (SSSR count). The highest BCUT2D eigenvalue weighted by Gasteiger charge is 2.48. The lowest BCUT2D eigenvalue weighted by atomic mass is 9.99.